The number of aromatic nitrogens is 3. The first kappa shape index (κ1) is 19.4. The fraction of sp³-hybridized carbons (Fsp3) is 0.211. The molecule has 0 bridgehead atoms. The van der Waals surface area contributed by atoms with Crippen molar-refractivity contribution < 1.29 is 9.53 Å². The number of carbonyl (C=O) groups excluding carboxylic acids is 1. The molecule has 0 atom stereocenters. The third-order valence-corrected chi connectivity index (χ3v) is 5.52. The van der Waals surface area contributed by atoms with Crippen LogP contribution in [0.3, 0.4) is 0 Å². The molecule has 3 rings (SSSR count). The quantitative estimate of drug-likeness (QED) is 0.542. The van der Waals surface area contributed by atoms with Gasteiger partial charge in [-0.1, -0.05) is 36.0 Å². The van der Waals surface area contributed by atoms with Crippen molar-refractivity contribution in [3.63, 3.8) is 0 Å². The molecule has 1 amide bonds. The molecule has 0 saturated heterocycles. The third-order valence-electron chi connectivity index (χ3n) is 3.86. The van der Waals surface area contributed by atoms with Gasteiger partial charge in [0.25, 0.3) is 0 Å². The largest absolute Gasteiger partial charge is 0.496 e. The van der Waals surface area contributed by atoms with E-state index in [-0.39, 0.29) is 11.7 Å². The minimum atomic E-state index is -0.101. The second-order valence-corrected chi connectivity index (χ2v) is 7.36. The number of nitrogens with zero attached hydrogens (tertiary/aromatic N) is 3. The summed E-state index contributed by atoms with van der Waals surface area (Å²) in [4.78, 5) is 12.3. The van der Waals surface area contributed by atoms with Crippen LogP contribution in [0.25, 0.3) is 11.4 Å². The van der Waals surface area contributed by atoms with Crippen LogP contribution in [-0.4, -0.2) is 33.5 Å². The van der Waals surface area contributed by atoms with Crippen LogP contribution >= 0.6 is 27.7 Å². The van der Waals surface area contributed by atoms with E-state index in [0.29, 0.717) is 11.7 Å². The molecule has 3 aromatic rings. The van der Waals surface area contributed by atoms with E-state index in [4.69, 9.17) is 4.74 Å². The number of methoxy groups -OCH3 is 1. The van der Waals surface area contributed by atoms with Crippen molar-refractivity contribution in [2.24, 2.45) is 0 Å². The second-order valence-electron chi connectivity index (χ2n) is 5.57. The van der Waals surface area contributed by atoms with Crippen LogP contribution in [-0.2, 0) is 11.3 Å². The molecule has 140 valence electrons. The maximum absolute atomic E-state index is 12.3. The van der Waals surface area contributed by atoms with Gasteiger partial charge in [-0.25, -0.2) is 0 Å². The van der Waals surface area contributed by atoms with Crippen LogP contribution in [0.15, 0.2) is 58.2 Å². The zero-order valence-electron chi connectivity index (χ0n) is 15.0. The Morgan fingerprint density at radius 2 is 1.93 bits per heavy atom. The molecule has 6 nitrogen and oxygen atoms in total. The highest BCUT2D eigenvalue weighted by atomic mass is 79.9. The number of rotatable bonds is 7. The molecule has 1 N–H and O–H groups in total. The van der Waals surface area contributed by atoms with Crippen molar-refractivity contribution in [2.45, 2.75) is 18.6 Å². The van der Waals surface area contributed by atoms with Gasteiger partial charge in [0, 0.05) is 11.0 Å². The highest BCUT2D eigenvalue weighted by Gasteiger charge is 2.17. The lowest BCUT2D eigenvalue weighted by Crippen LogP contribution is -2.15. The number of hydrogen-bond acceptors (Lipinski definition) is 5. The van der Waals surface area contributed by atoms with Gasteiger partial charge >= 0.3 is 0 Å². The Kier molecular flexibility index (Phi) is 6.52. The lowest BCUT2D eigenvalue weighted by Gasteiger charge is -2.10. The molecule has 1 heterocycles. The molecule has 0 saturated carbocycles. The van der Waals surface area contributed by atoms with E-state index in [9.17, 15) is 4.79 Å². The van der Waals surface area contributed by atoms with Gasteiger partial charge in [-0.2, -0.15) is 0 Å². The fourth-order valence-corrected chi connectivity index (χ4v) is 3.77. The molecule has 0 fully saturated rings. The van der Waals surface area contributed by atoms with Crippen LogP contribution < -0.4 is 10.1 Å². The minimum Gasteiger partial charge on any atom is -0.496 e. The van der Waals surface area contributed by atoms with Gasteiger partial charge in [0.1, 0.15) is 5.75 Å². The molecular formula is C19H19BrN4O2S. The van der Waals surface area contributed by atoms with Gasteiger partial charge in [-0.05, 0) is 47.1 Å². The number of hydrogen-bond donors (Lipinski definition) is 1. The van der Waals surface area contributed by atoms with E-state index < -0.39 is 0 Å². The molecule has 0 spiro atoms. The Bertz CT molecular complexity index is 945. The summed E-state index contributed by atoms with van der Waals surface area (Å²) in [5.74, 6) is 1.61. The van der Waals surface area contributed by atoms with Gasteiger partial charge in [-0.15, -0.1) is 10.2 Å². The minimum absolute atomic E-state index is 0.101. The lowest BCUT2D eigenvalue weighted by atomic mass is 10.2. The van der Waals surface area contributed by atoms with Crippen molar-refractivity contribution >= 4 is 39.3 Å². The Balaban J connectivity index is 1.74. The lowest BCUT2D eigenvalue weighted by molar-refractivity contribution is -0.113. The predicted octanol–water partition coefficient (Wildman–Crippen LogP) is 4.47. The number of carbonyl (C=O) groups is 1. The molecule has 0 aliphatic rings. The summed E-state index contributed by atoms with van der Waals surface area (Å²) in [6.07, 6.45) is 0. The summed E-state index contributed by atoms with van der Waals surface area (Å²) in [5.41, 5.74) is 1.62. The average Bonchev–Trinajstić information content (AvgIpc) is 3.10. The Hall–Kier alpha value is -2.32. The van der Waals surface area contributed by atoms with Crippen molar-refractivity contribution in [1.29, 1.82) is 0 Å². The molecule has 2 aromatic carbocycles. The van der Waals surface area contributed by atoms with Crippen molar-refractivity contribution in [3.05, 3.63) is 53.0 Å². The molecule has 27 heavy (non-hydrogen) atoms. The standard InChI is InChI=1S/C19H19BrN4O2S/c1-3-24-18(13-8-4-7-11-16(13)26-2)22-23-19(24)27-12-17(25)21-15-10-6-5-9-14(15)20/h4-11H,3,12H2,1-2H3,(H,21,25). The predicted molar refractivity (Wildman–Crippen MR) is 111 cm³/mol. The zero-order chi connectivity index (χ0) is 19.2. The van der Waals surface area contributed by atoms with Crippen LogP contribution in [0.5, 0.6) is 5.75 Å². The smallest absolute Gasteiger partial charge is 0.234 e. The number of thioether (sulfide) groups is 1. The highest BCUT2D eigenvalue weighted by Crippen LogP contribution is 2.31. The first-order valence-electron chi connectivity index (χ1n) is 8.37. The van der Waals surface area contributed by atoms with E-state index in [1.54, 1.807) is 7.11 Å². The van der Waals surface area contributed by atoms with Gasteiger partial charge in [-0.3, -0.25) is 4.79 Å². The number of amides is 1. The molecule has 0 radical (unpaired) electrons. The Morgan fingerprint density at radius 1 is 1.19 bits per heavy atom. The number of benzene rings is 2. The molecule has 0 aliphatic carbocycles. The van der Waals surface area contributed by atoms with E-state index in [1.165, 1.54) is 11.8 Å². The number of nitrogens with one attached hydrogen (secondary N) is 1. The normalized spacial score (nSPS) is 10.6. The topological polar surface area (TPSA) is 69.0 Å². The summed E-state index contributed by atoms with van der Waals surface area (Å²) in [6, 6.07) is 15.2. The number of anilines is 1. The van der Waals surface area contributed by atoms with Gasteiger partial charge in [0.05, 0.1) is 24.1 Å². The maximum Gasteiger partial charge on any atom is 0.234 e. The first-order chi connectivity index (χ1) is 13.1. The summed E-state index contributed by atoms with van der Waals surface area (Å²) < 4.78 is 8.25. The Morgan fingerprint density at radius 3 is 2.67 bits per heavy atom. The number of ether oxygens (including phenoxy) is 1. The van der Waals surface area contributed by atoms with Gasteiger partial charge in [0.2, 0.25) is 5.91 Å². The zero-order valence-corrected chi connectivity index (χ0v) is 17.4. The van der Waals surface area contributed by atoms with E-state index in [1.807, 2.05) is 60.0 Å². The van der Waals surface area contributed by atoms with E-state index >= 15 is 0 Å². The van der Waals surface area contributed by atoms with Crippen LogP contribution in [0.4, 0.5) is 5.69 Å². The molecular weight excluding hydrogens is 428 g/mol. The van der Waals surface area contributed by atoms with Crippen molar-refractivity contribution in [1.82, 2.24) is 14.8 Å². The maximum atomic E-state index is 12.3. The van der Waals surface area contributed by atoms with Gasteiger partial charge < -0.3 is 14.6 Å². The number of halogens is 1. The summed E-state index contributed by atoms with van der Waals surface area (Å²) in [5, 5.41) is 12.2. The van der Waals surface area contributed by atoms with Crippen LogP contribution in [0, 0.1) is 0 Å². The highest BCUT2D eigenvalue weighted by molar-refractivity contribution is 9.10. The molecule has 1 aromatic heterocycles. The fourth-order valence-electron chi connectivity index (χ4n) is 2.59. The summed E-state index contributed by atoms with van der Waals surface area (Å²) in [6.45, 7) is 2.71. The number of para-hydroxylation sites is 2. The van der Waals surface area contributed by atoms with Crippen molar-refractivity contribution in [2.75, 3.05) is 18.2 Å². The first-order valence-corrected chi connectivity index (χ1v) is 10.2. The van der Waals surface area contributed by atoms with E-state index in [2.05, 4.69) is 31.4 Å². The SMILES string of the molecule is CCn1c(SCC(=O)Nc2ccccc2Br)nnc1-c1ccccc1OC. The Labute approximate surface area is 170 Å². The average molecular weight is 447 g/mol. The van der Waals surface area contributed by atoms with Crippen LogP contribution in [0.1, 0.15) is 6.92 Å². The van der Waals surface area contributed by atoms with Gasteiger partial charge in [0.15, 0.2) is 11.0 Å². The molecule has 8 heteroatoms. The van der Waals surface area contributed by atoms with Crippen molar-refractivity contribution in [3.8, 4) is 17.1 Å². The molecule has 0 aliphatic heterocycles. The summed E-state index contributed by atoms with van der Waals surface area (Å²) in [7, 11) is 1.63. The monoisotopic (exact) mass is 446 g/mol. The third kappa shape index (κ3) is 4.51. The molecule has 0 unspecified atom stereocenters. The van der Waals surface area contributed by atoms with Crippen LogP contribution in [0.2, 0.25) is 0 Å². The van der Waals surface area contributed by atoms with E-state index in [0.717, 1.165) is 27.3 Å². The summed E-state index contributed by atoms with van der Waals surface area (Å²) >= 11 is 4.78. The second kappa shape index (κ2) is 9.05.